The van der Waals surface area contributed by atoms with Crippen molar-refractivity contribution in [3.05, 3.63) is 35.9 Å². The van der Waals surface area contributed by atoms with E-state index in [0.29, 0.717) is 17.7 Å². The molecule has 0 bridgehead atoms. The van der Waals surface area contributed by atoms with Crippen LogP contribution in [-0.2, 0) is 0 Å². The second kappa shape index (κ2) is 6.03. The van der Waals surface area contributed by atoms with Gasteiger partial charge in [-0.3, -0.25) is 0 Å². The molecule has 0 unspecified atom stereocenters. The molecule has 0 spiro atoms. The molecule has 0 saturated carbocycles. The smallest absolute Gasteiger partial charge is 0.228 e. The Morgan fingerprint density at radius 3 is 2.75 bits per heavy atom. The molecule has 8 heteroatoms. The Kier molecular flexibility index (Phi) is 3.72. The van der Waals surface area contributed by atoms with Gasteiger partial charge < -0.3 is 9.64 Å². The van der Waals surface area contributed by atoms with Crippen LogP contribution in [0.15, 0.2) is 24.4 Å². The van der Waals surface area contributed by atoms with Gasteiger partial charge >= 0.3 is 0 Å². The van der Waals surface area contributed by atoms with Crippen molar-refractivity contribution in [3.8, 4) is 5.88 Å². The number of hydrogen-bond donors (Lipinski definition) is 0. The largest absolute Gasteiger partial charge is 0.481 e. The normalized spacial score (nSPS) is 15.8. The van der Waals surface area contributed by atoms with Crippen LogP contribution >= 0.6 is 0 Å². The lowest BCUT2D eigenvalue weighted by molar-refractivity contribution is 0.395. The van der Waals surface area contributed by atoms with Gasteiger partial charge in [0, 0.05) is 31.3 Å². The number of ether oxygens (including phenoxy) is 1. The van der Waals surface area contributed by atoms with Gasteiger partial charge in [-0.05, 0) is 31.9 Å². The number of hydrogen-bond acceptors (Lipinski definition) is 7. The number of aromatic nitrogens is 6. The highest BCUT2D eigenvalue weighted by molar-refractivity contribution is 5.37. The molecule has 1 saturated heterocycles. The topological polar surface area (TPSA) is 81.3 Å². The van der Waals surface area contributed by atoms with Gasteiger partial charge in [0.25, 0.3) is 0 Å². The fourth-order valence-corrected chi connectivity index (χ4v) is 3.09. The van der Waals surface area contributed by atoms with E-state index < -0.39 is 0 Å². The molecule has 3 aromatic rings. The highest BCUT2D eigenvalue weighted by Gasteiger charge is 2.26. The van der Waals surface area contributed by atoms with Gasteiger partial charge in [-0.25, -0.2) is 4.98 Å². The number of aryl methyl sites for hydroxylation is 1. The Bertz CT molecular complexity index is 855. The zero-order chi connectivity index (χ0) is 16.5. The Hall–Kier alpha value is -2.77. The van der Waals surface area contributed by atoms with Crippen LogP contribution in [0, 0.1) is 6.92 Å². The summed E-state index contributed by atoms with van der Waals surface area (Å²) in [7, 11) is 1.61. The van der Waals surface area contributed by atoms with Crippen LogP contribution in [0.4, 0.5) is 5.95 Å². The van der Waals surface area contributed by atoms with E-state index in [2.05, 4.69) is 30.2 Å². The van der Waals surface area contributed by atoms with Crippen LogP contribution in [0.2, 0.25) is 0 Å². The van der Waals surface area contributed by atoms with Gasteiger partial charge in [0.05, 0.1) is 12.8 Å². The van der Waals surface area contributed by atoms with Gasteiger partial charge in [-0.2, -0.15) is 14.6 Å². The molecule has 4 heterocycles. The average Bonchev–Trinajstić information content (AvgIpc) is 3.05. The number of rotatable bonds is 3. The maximum atomic E-state index is 5.18. The predicted molar refractivity (Wildman–Crippen MR) is 88.3 cm³/mol. The number of methoxy groups -OCH3 is 1. The first-order valence-electron chi connectivity index (χ1n) is 8.05. The van der Waals surface area contributed by atoms with Gasteiger partial charge in [0.15, 0.2) is 11.5 Å². The van der Waals surface area contributed by atoms with Crippen LogP contribution in [-0.4, -0.2) is 50.0 Å². The first-order chi connectivity index (χ1) is 11.7. The number of fused-ring (bicyclic) bond motifs is 1. The molecule has 8 nitrogen and oxygen atoms in total. The lowest BCUT2D eigenvalue weighted by Crippen LogP contribution is -2.34. The summed E-state index contributed by atoms with van der Waals surface area (Å²) in [5.74, 6) is 2.59. The van der Waals surface area contributed by atoms with Crippen molar-refractivity contribution in [2.24, 2.45) is 0 Å². The minimum Gasteiger partial charge on any atom is -0.481 e. The highest BCUT2D eigenvalue weighted by atomic mass is 16.5. The molecular formula is C16H19N7O. The second-order valence-corrected chi connectivity index (χ2v) is 5.96. The quantitative estimate of drug-likeness (QED) is 0.723. The third kappa shape index (κ3) is 2.64. The average molecular weight is 325 g/mol. The number of anilines is 1. The molecular weight excluding hydrogens is 306 g/mol. The van der Waals surface area contributed by atoms with E-state index in [1.165, 1.54) is 0 Å². The lowest BCUT2D eigenvalue weighted by Gasteiger charge is -2.31. The summed E-state index contributed by atoms with van der Waals surface area (Å²) < 4.78 is 7.05. The lowest BCUT2D eigenvalue weighted by atomic mass is 9.96. The fraction of sp³-hybridized carbons (Fsp3) is 0.438. The highest BCUT2D eigenvalue weighted by Crippen LogP contribution is 2.28. The van der Waals surface area contributed by atoms with Crippen molar-refractivity contribution in [3.63, 3.8) is 0 Å². The molecule has 0 aliphatic carbocycles. The van der Waals surface area contributed by atoms with Gasteiger partial charge in [-0.15, -0.1) is 10.2 Å². The van der Waals surface area contributed by atoms with Gasteiger partial charge in [0.2, 0.25) is 11.8 Å². The molecule has 0 radical (unpaired) electrons. The predicted octanol–water partition coefficient (Wildman–Crippen LogP) is 1.62. The van der Waals surface area contributed by atoms with E-state index in [-0.39, 0.29) is 0 Å². The van der Waals surface area contributed by atoms with Crippen molar-refractivity contribution >= 4 is 11.6 Å². The summed E-state index contributed by atoms with van der Waals surface area (Å²) in [6.45, 7) is 3.73. The number of nitrogens with zero attached hydrogens (tertiary/aromatic N) is 7. The third-order valence-electron chi connectivity index (χ3n) is 4.39. The van der Waals surface area contributed by atoms with Crippen LogP contribution in [0.25, 0.3) is 5.65 Å². The van der Waals surface area contributed by atoms with Crippen LogP contribution in [0.5, 0.6) is 5.88 Å². The second-order valence-electron chi connectivity index (χ2n) is 5.96. The van der Waals surface area contributed by atoms with E-state index in [9.17, 15) is 0 Å². The molecule has 0 N–H and O–H groups in total. The minimum absolute atomic E-state index is 0.344. The van der Waals surface area contributed by atoms with Gasteiger partial charge in [0.1, 0.15) is 0 Å². The minimum atomic E-state index is 0.344. The maximum Gasteiger partial charge on any atom is 0.228 e. The maximum absolute atomic E-state index is 5.18. The Balaban J connectivity index is 1.52. The molecule has 1 fully saturated rings. The molecule has 3 aromatic heterocycles. The molecule has 0 atom stereocenters. The van der Waals surface area contributed by atoms with Crippen molar-refractivity contribution in [2.45, 2.75) is 25.7 Å². The summed E-state index contributed by atoms with van der Waals surface area (Å²) in [6, 6.07) is 5.67. The van der Waals surface area contributed by atoms with E-state index in [0.717, 1.165) is 43.1 Å². The van der Waals surface area contributed by atoms with Crippen LogP contribution in [0.3, 0.4) is 0 Å². The first kappa shape index (κ1) is 14.8. The van der Waals surface area contributed by atoms with E-state index >= 15 is 0 Å². The summed E-state index contributed by atoms with van der Waals surface area (Å²) in [5.41, 5.74) is 1.76. The Labute approximate surface area is 139 Å². The van der Waals surface area contributed by atoms with Crippen molar-refractivity contribution < 1.29 is 4.74 Å². The molecule has 1 aliphatic rings. The summed E-state index contributed by atoms with van der Waals surface area (Å²) in [4.78, 5) is 10.9. The number of piperidine rings is 1. The van der Waals surface area contributed by atoms with Crippen LogP contribution < -0.4 is 9.64 Å². The Morgan fingerprint density at radius 2 is 1.96 bits per heavy atom. The van der Waals surface area contributed by atoms with E-state index in [4.69, 9.17) is 4.74 Å². The molecule has 0 amide bonds. The van der Waals surface area contributed by atoms with E-state index in [1.54, 1.807) is 19.4 Å². The summed E-state index contributed by atoms with van der Waals surface area (Å²) in [5, 5.41) is 13.1. The van der Waals surface area contributed by atoms with Crippen molar-refractivity contribution in [1.82, 2.24) is 29.8 Å². The molecule has 0 aromatic carbocycles. The molecule has 1 aliphatic heterocycles. The van der Waals surface area contributed by atoms with Gasteiger partial charge in [-0.1, -0.05) is 0 Å². The summed E-state index contributed by atoms with van der Waals surface area (Å²) in [6.07, 6.45) is 3.67. The monoisotopic (exact) mass is 325 g/mol. The van der Waals surface area contributed by atoms with E-state index in [1.807, 2.05) is 23.6 Å². The molecule has 4 rings (SSSR count). The first-order valence-corrected chi connectivity index (χ1v) is 8.05. The van der Waals surface area contributed by atoms with Crippen molar-refractivity contribution in [1.29, 1.82) is 0 Å². The molecule has 124 valence electrons. The Morgan fingerprint density at radius 1 is 1.12 bits per heavy atom. The SMILES string of the molecule is COc1ccnc(N2CCC(c3nnc4ccc(C)nn34)CC2)n1. The summed E-state index contributed by atoms with van der Waals surface area (Å²) >= 11 is 0. The van der Waals surface area contributed by atoms with Crippen molar-refractivity contribution in [2.75, 3.05) is 25.1 Å². The third-order valence-corrected chi connectivity index (χ3v) is 4.39. The standard InChI is InChI=1S/C16H19N7O/c1-11-3-4-13-19-20-15(23(13)21-11)12-6-9-22(10-7-12)16-17-8-5-14(18-16)24-2/h3-5,8,12H,6-7,9-10H2,1-2H3. The molecule has 24 heavy (non-hydrogen) atoms. The zero-order valence-electron chi connectivity index (χ0n) is 13.8. The van der Waals surface area contributed by atoms with Crippen LogP contribution in [0.1, 0.15) is 30.3 Å². The zero-order valence-corrected chi connectivity index (χ0v) is 13.8. The fourth-order valence-electron chi connectivity index (χ4n) is 3.09.